The summed E-state index contributed by atoms with van der Waals surface area (Å²) in [5, 5.41) is 11.0. The van der Waals surface area contributed by atoms with Crippen LogP contribution < -0.4 is 5.43 Å². The number of amides is 1. The van der Waals surface area contributed by atoms with Crippen LogP contribution >= 0.6 is 11.3 Å². The smallest absolute Gasteiger partial charge is 0.266 e. The molecule has 0 aliphatic carbocycles. The minimum Gasteiger partial charge on any atom is -0.266 e. The van der Waals surface area contributed by atoms with Gasteiger partial charge in [0.1, 0.15) is 5.69 Å². The van der Waals surface area contributed by atoms with Crippen molar-refractivity contribution in [1.29, 1.82) is 0 Å². The Bertz CT molecular complexity index is 1620. The first-order chi connectivity index (χ1) is 17.9. The maximum Gasteiger partial charge on any atom is 0.435 e. The van der Waals surface area contributed by atoms with Gasteiger partial charge < -0.3 is 0 Å². The van der Waals surface area contributed by atoms with E-state index in [0.29, 0.717) is 5.56 Å². The van der Waals surface area contributed by atoms with Gasteiger partial charge in [-0.3, -0.25) is 4.79 Å². The first-order valence-electron chi connectivity index (χ1n) is 11.1. The van der Waals surface area contributed by atoms with Crippen LogP contribution in [-0.2, 0) is 6.18 Å². The number of alkyl halides is 3. The van der Waals surface area contributed by atoms with E-state index in [1.165, 1.54) is 11.6 Å². The summed E-state index contributed by atoms with van der Waals surface area (Å²) in [4.78, 5) is 16.7. The van der Waals surface area contributed by atoms with E-state index in [1.54, 1.807) is 18.2 Å². The second kappa shape index (κ2) is 10.2. The zero-order valence-corrected chi connectivity index (χ0v) is 19.9. The maximum atomic E-state index is 13.5. The Hall–Kier alpha value is -4.57. The lowest BCUT2D eigenvalue weighted by molar-refractivity contribution is -0.141. The predicted octanol–water partition coefficient (Wildman–Crippen LogP) is 6.60. The van der Waals surface area contributed by atoms with E-state index in [1.807, 2.05) is 66.7 Å². The van der Waals surface area contributed by atoms with Gasteiger partial charge in [-0.2, -0.15) is 23.4 Å². The molecule has 0 saturated carbocycles. The van der Waals surface area contributed by atoms with Crippen LogP contribution in [0.5, 0.6) is 0 Å². The van der Waals surface area contributed by atoms with Crippen molar-refractivity contribution in [2.45, 2.75) is 6.18 Å². The Labute approximate surface area is 213 Å². The second-order valence-electron chi connectivity index (χ2n) is 7.89. The van der Waals surface area contributed by atoms with Gasteiger partial charge in [0.15, 0.2) is 5.69 Å². The molecule has 1 amide bonds. The Morgan fingerprint density at radius 3 is 2.51 bits per heavy atom. The number of aromatic nitrogens is 3. The summed E-state index contributed by atoms with van der Waals surface area (Å²) in [6.07, 6.45) is 0.261. The summed E-state index contributed by atoms with van der Waals surface area (Å²) in [6.45, 7) is 0. The Morgan fingerprint density at radius 2 is 1.73 bits per heavy atom. The minimum atomic E-state index is -4.64. The number of halogens is 3. The third-order valence-electron chi connectivity index (χ3n) is 5.37. The third-order valence-corrected chi connectivity index (χ3v) is 6.18. The molecule has 0 aliphatic rings. The SMILES string of the molecule is O=C(N/N=C\C=C\c1ccccc1)c1csc(-n2nc(C(F)(F)F)cc2-c2ccc3ccccc3c2)n1. The Balaban J connectivity index is 1.39. The first kappa shape index (κ1) is 24.1. The van der Waals surface area contributed by atoms with Gasteiger partial charge in [0.05, 0.1) is 5.69 Å². The number of hydrazone groups is 1. The topological polar surface area (TPSA) is 72.2 Å². The monoisotopic (exact) mass is 517 g/mol. The number of rotatable bonds is 6. The number of nitrogens with one attached hydrogen (secondary N) is 1. The first-order valence-corrected chi connectivity index (χ1v) is 11.9. The molecule has 0 fully saturated rings. The van der Waals surface area contributed by atoms with E-state index in [0.717, 1.165) is 38.4 Å². The molecule has 1 N–H and O–H groups in total. The highest BCUT2D eigenvalue weighted by Crippen LogP contribution is 2.34. The van der Waals surface area contributed by atoms with E-state index in [9.17, 15) is 18.0 Å². The third kappa shape index (κ3) is 5.49. The van der Waals surface area contributed by atoms with Gasteiger partial charge in [-0.1, -0.05) is 72.8 Å². The lowest BCUT2D eigenvalue weighted by atomic mass is 10.0. The number of nitrogens with zero attached hydrogens (tertiary/aromatic N) is 4. The quantitative estimate of drug-likeness (QED) is 0.204. The van der Waals surface area contributed by atoms with Crippen LogP contribution in [0.4, 0.5) is 13.2 Å². The highest BCUT2D eigenvalue weighted by atomic mass is 32.1. The van der Waals surface area contributed by atoms with E-state index in [-0.39, 0.29) is 16.5 Å². The minimum absolute atomic E-state index is 0.0118. The van der Waals surface area contributed by atoms with Crippen molar-refractivity contribution in [1.82, 2.24) is 20.2 Å². The summed E-state index contributed by atoms with van der Waals surface area (Å²) in [5.74, 6) is -0.595. The number of allylic oxidation sites excluding steroid dienone is 1. The fourth-order valence-electron chi connectivity index (χ4n) is 3.60. The average molecular weight is 518 g/mol. The molecule has 0 bridgehead atoms. The fraction of sp³-hybridized carbons (Fsp3) is 0.0370. The molecule has 0 radical (unpaired) electrons. The Morgan fingerprint density at radius 1 is 0.973 bits per heavy atom. The van der Waals surface area contributed by atoms with Gasteiger partial charge in [0, 0.05) is 17.2 Å². The van der Waals surface area contributed by atoms with E-state index >= 15 is 0 Å². The number of carbonyl (C=O) groups excluding carboxylic acids is 1. The number of carbonyl (C=O) groups is 1. The Kier molecular flexibility index (Phi) is 6.65. The van der Waals surface area contributed by atoms with Crippen LogP contribution in [0.25, 0.3) is 33.2 Å². The van der Waals surface area contributed by atoms with Gasteiger partial charge in [0.2, 0.25) is 5.13 Å². The maximum absolute atomic E-state index is 13.5. The van der Waals surface area contributed by atoms with Crippen LogP contribution in [0.2, 0.25) is 0 Å². The fourth-order valence-corrected chi connectivity index (χ4v) is 4.37. The van der Waals surface area contributed by atoms with Crippen molar-refractivity contribution < 1.29 is 18.0 Å². The number of thiazole rings is 1. The van der Waals surface area contributed by atoms with E-state index in [2.05, 4.69) is 20.6 Å². The molecule has 184 valence electrons. The lowest BCUT2D eigenvalue weighted by Crippen LogP contribution is -2.18. The largest absolute Gasteiger partial charge is 0.435 e. The van der Waals surface area contributed by atoms with Gasteiger partial charge in [-0.25, -0.2) is 15.1 Å². The molecule has 5 rings (SSSR count). The molecule has 0 atom stereocenters. The zero-order chi connectivity index (χ0) is 25.8. The van der Waals surface area contributed by atoms with Crippen LogP contribution in [-0.4, -0.2) is 26.9 Å². The van der Waals surface area contributed by atoms with E-state index in [4.69, 9.17) is 0 Å². The molecule has 0 spiro atoms. The van der Waals surface area contributed by atoms with Gasteiger partial charge in [-0.15, -0.1) is 11.3 Å². The molecule has 2 aromatic heterocycles. The van der Waals surface area contributed by atoms with Crippen molar-refractivity contribution in [2.24, 2.45) is 5.10 Å². The molecule has 5 aromatic rings. The van der Waals surface area contributed by atoms with Crippen molar-refractivity contribution in [3.05, 3.63) is 107 Å². The lowest BCUT2D eigenvalue weighted by Gasteiger charge is -2.06. The van der Waals surface area contributed by atoms with Crippen LogP contribution in [0.15, 0.2) is 95.4 Å². The molecule has 37 heavy (non-hydrogen) atoms. The highest BCUT2D eigenvalue weighted by molar-refractivity contribution is 7.12. The van der Waals surface area contributed by atoms with Crippen molar-refractivity contribution in [3.8, 4) is 16.4 Å². The summed E-state index contributed by atoms with van der Waals surface area (Å²) in [6, 6.07) is 23.4. The molecule has 0 aliphatic heterocycles. The zero-order valence-electron chi connectivity index (χ0n) is 19.1. The highest BCUT2D eigenvalue weighted by Gasteiger charge is 2.35. The average Bonchev–Trinajstić information content (AvgIpc) is 3.57. The second-order valence-corrected chi connectivity index (χ2v) is 8.73. The molecule has 6 nitrogen and oxygen atoms in total. The van der Waals surface area contributed by atoms with Gasteiger partial charge in [0.25, 0.3) is 5.91 Å². The van der Waals surface area contributed by atoms with Gasteiger partial charge in [-0.05, 0) is 34.5 Å². The number of hydrogen-bond donors (Lipinski definition) is 1. The molecular formula is C27H18F3N5OS. The summed E-state index contributed by atoms with van der Waals surface area (Å²) < 4.78 is 41.7. The standard InChI is InChI=1S/C27H18F3N5OS/c28-27(29,30)24-16-23(21-13-12-19-10-4-5-11-20(19)15-21)35(34-24)26-32-22(17-37-26)25(36)33-31-14-6-9-18-7-2-1-3-8-18/h1-17H,(H,33,36)/b9-6+,31-14-. The number of hydrogen-bond acceptors (Lipinski definition) is 5. The van der Waals surface area contributed by atoms with Crippen molar-refractivity contribution in [2.75, 3.05) is 0 Å². The normalized spacial score (nSPS) is 12.1. The van der Waals surface area contributed by atoms with Gasteiger partial charge >= 0.3 is 6.18 Å². The van der Waals surface area contributed by atoms with Crippen molar-refractivity contribution >= 4 is 40.3 Å². The molecule has 0 unspecified atom stereocenters. The predicted molar refractivity (Wildman–Crippen MR) is 139 cm³/mol. The van der Waals surface area contributed by atoms with Crippen LogP contribution in [0, 0.1) is 0 Å². The molecule has 10 heteroatoms. The molecule has 0 saturated heterocycles. The van der Waals surface area contributed by atoms with Crippen LogP contribution in [0.3, 0.4) is 0 Å². The summed E-state index contributed by atoms with van der Waals surface area (Å²) in [7, 11) is 0. The number of fused-ring (bicyclic) bond motifs is 1. The van der Waals surface area contributed by atoms with E-state index < -0.39 is 17.8 Å². The summed E-state index contributed by atoms with van der Waals surface area (Å²) in [5.41, 5.74) is 3.05. The number of benzene rings is 3. The molecular weight excluding hydrogens is 499 g/mol. The molecule has 2 heterocycles. The van der Waals surface area contributed by atoms with Crippen LogP contribution in [0.1, 0.15) is 21.7 Å². The summed E-state index contributed by atoms with van der Waals surface area (Å²) >= 11 is 1.00. The molecule has 3 aromatic carbocycles. The van der Waals surface area contributed by atoms with Crippen molar-refractivity contribution in [3.63, 3.8) is 0 Å².